The van der Waals surface area contributed by atoms with Crippen molar-refractivity contribution in [1.82, 2.24) is 5.32 Å². The van der Waals surface area contributed by atoms with Crippen LogP contribution in [0.2, 0.25) is 5.02 Å². The molecule has 0 bridgehead atoms. The number of rotatable bonds is 5. The van der Waals surface area contributed by atoms with E-state index in [0.717, 1.165) is 12.1 Å². The summed E-state index contributed by atoms with van der Waals surface area (Å²) < 4.78 is 12.8. The van der Waals surface area contributed by atoms with Crippen LogP contribution < -0.4 is 10.6 Å². The first-order chi connectivity index (χ1) is 9.43. The molecule has 2 amide bonds. The van der Waals surface area contributed by atoms with E-state index in [1.807, 2.05) is 0 Å². The van der Waals surface area contributed by atoms with Crippen LogP contribution in [0.25, 0.3) is 0 Å². The van der Waals surface area contributed by atoms with Gasteiger partial charge in [0.25, 0.3) is 0 Å². The van der Waals surface area contributed by atoms with Gasteiger partial charge in [-0.2, -0.15) is 0 Å². The Labute approximate surface area is 121 Å². The molecule has 5 nitrogen and oxygen atoms in total. The van der Waals surface area contributed by atoms with E-state index in [1.165, 1.54) is 6.07 Å². The molecule has 0 saturated heterocycles. The van der Waals surface area contributed by atoms with Crippen LogP contribution in [0, 0.1) is 5.82 Å². The molecule has 1 aromatic rings. The van der Waals surface area contributed by atoms with Crippen LogP contribution in [-0.4, -0.2) is 29.6 Å². The molecule has 0 heterocycles. The third-order valence-electron chi connectivity index (χ3n) is 2.56. The van der Waals surface area contributed by atoms with E-state index < -0.39 is 17.6 Å². The molecule has 0 aliphatic heterocycles. The van der Waals surface area contributed by atoms with Gasteiger partial charge in [0.2, 0.25) is 0 Å². The SMILES string of the molecule is CC(CCCO)NC(=O)C(=O)Nc1ccc(F)cc1Cl. The maximum atomic E-state index is 12.8. The van der Waals surface area contributed by atoms with Gasteiger partial charge in [-0.25, -0.2) is 4.39 Å². The Hall–Kier alpha value is -1.66. The lowest BCUT2D eigenvalue weighted by Gasteiger charge is -2.13. The molecule has 20 heavy (non-hydrogen) atoms. The number of halogens is 2. The minimum atomic E-state index is -0.880. The summed E-state index contributed by atoms with van der Waals surface area (Å²) in [5.74, 6) is -2.22. The van der Waals surface area contributed by atoms with Crippen molar-refractivity contribution in [3.8, 4) is 0 Å². The predicted octanol–water partition coefficient (Wildman–Crippen LogP) is 1.69. The largest absolute Gasteiger partial charge is 0.396 e. The molecule has 1 atom stereocenters. The molecule has 1 unspecified atom stereocenters. The summed E-state index contributed by atoms with van der Waals surface area (Å²) in [6.07, 6.45) is 1.10. The van der Waals surface area contributed by atoms with Crippen molar-refractivity contribution in [2.75, 3.05) is 11.9 Å². The smallest absolute Gasteiger partial charge is 0.313 e. The fourth-order valence-electron chi connectivity index (χ4n) is 1.53. The van der Waals surface area contributed by atoms with Gasteiger partial charge >= 0.3 is 11.8 Å². The van der Waals surface area contributed by atoms with Gasteiger partial charge in [0.15, 0.2) is 0 Å². The van der Waals surface area contributed by atoms with Crippen molar-refractivity contribution in [1.29, 1.82) is 0 Å². The molecule has 1 aromatic carbocycles. The second kappa shape index (κ2) is 7.81. The van der Waals surface area contributed by atoms with E-state index in [4.69, 9.17) is 16.7 Å². The predicted molar refractivity (Wildman–Crippen MR) is 74.0 cm³/mol. The van der Waals surface area contributed by atoms with Crippen LogP contribution in [0.1, 0.15) is 19.8 Å². The zero-order chi connectivity index (χ0) is 15.1. The number of amides is 2. The molecule has 3 N–H and O–H groups in total. The zero-order valence-electron chi connectivity index (χ0n) is 11.0. The van der Waals surface area contributed by atoms with Gasteiger partial charge in [-0.15, -0.1) is 0 Å². The van der Waals surface area contributed by atoms with Crippen LogP contribution in [0.5, 0.6) is 0 Å². The van der Waals surface area contributed by atoms with Crippen LogP contribution in [0.15, 0.2) is 18.2 Å². The summed E-state index contributed by atoms with van der Waals surface area (Å²) in [5, 5.41) is 13.5. The Bertz CT molecular complexity index is 497. The molecule has 7 heteroatoms. The summed E-state index contributed by atoms with van der Waals surface area (Å²) in [7, 11) is 0. The average molecular weight is 303 g/mol. The van der Waals surface area contributed by atoms with Crippen molar-refractivity contribution in [2.45, 2.75) is 25.8 Å². The average Bonchev–Trinajstić information content (AvgIpc) is 2.39. The zero-order valence-corrected chi connectivity index (χ0v) is 11.7. The molecule has 0 aromatic heterocycles. The highest BCUT2D eigenvalue weighted by Gasteiger charge is 2.17. The summed E-state index contributed by atoms with van der Waals surface area (Å²) in [5.41, 5.74) is 0.163. The van der Waals surface area contributed by atoms with Gasteiger partial charge in [0.05, 0.1) is 10.7 Å². The first-order valence-electron chi connectivity index (χ1n) is 6.11. The Morgan fingerprint density at radius 1 is 1.40 bits per heavy atom. The molecular formula is C13H16ClFN2O3. The first-order valence-corrected chi connectivity index (χ1v) is 6.49. The van der Waals surface area contributed by atoms with Crippen LogP contribution in [0.4, 0.5) is 10.1 Å². The quantitative estimate of drug-likeness (QED) is 0.724. The van der Waals surface area contributed by atoms with E-state index >= 15 is 0 Å². The van der Waals surface area contributed by atoms with Gasteiger partial charge in [0.1, 0.15) is 5.82 Å². The standard InChI is InChI=1S/C13H16ClFN2O3/c1-8(3-2-6-18)16-12(19)13(20)17-11-5-4-9(15)7-10(11)14/h4-5,7-8,18H,2-3,6H2,1H3,(H,16,19)(H,17,20). The number of hydrogen-bond donors (Lipinski definition) is 3. The fraction of sp³-hybridized carbons (Fsp3) is 0.385. The summed E-state index contributed by atoms with van der Waals surface area (Å²) in [6.45, 7) is 1.75. The molecule has 110 valence electrons. The van der Waals surface area contributed by atoms with Gasteiger partial charge in [0, 0.05) is 12.6 Å². The minimum absolute atomic E-state index is 0.0134. The van der Waals surface area contributed by atoms with E-state index in [2.05, 4.69) is 10.6 Å². The number of hydrogen-bond acceptors (Lipinski definition) is 3. The lowest BCUT2D eigenvalue weighted by molar-refractivity contribution is -0.136. The number of carbonyl (C=O) groups excluding carboxylic acids is 2. The third kappa shape index (κ3) is 5.14. The molecule has 0 spiro atoms. The van der Waals surface area contributed by atoms with Crippen molar-refractivity contribution in [2.24, 2.45) is 0 Å². The third-order valence-corrected chi connectivity index (χ3v) is 2.87. The number of aliphatic hydroxyl groups excluding tert-OH is 1. The van der Waals surface area contributed by atoms with E-state index in [0.29, 0.717) is 12.8 Å². The van der Waals surface area contributed by atoms with Crippen LogP contribution >= 0.6 is 11.6 Å². The Balaban J connectivity index is 2.55. The molecule has 0 aliphatic rings. The number of carbonyl (C=O) groups is 2. The highest BCUT2D eigenvalue weighted by molar-refractivity contribution is 6.41. The minimum Gasteiger partial charge on any atom is -0.396 e. The Kier molecular flexibility index (Phi) is 6.41. The second-order valence-corrected chi connectivity index (χ2v) is 4.73. The Morgan fingerprint density at radius 2 is 2.10 bits per heavy atom. The summed E-state index contributed by atoms with van der Waals surface area (Å²) >= 11 is 5.74. The van der Waals surface area contributed by atoms with Crippen molar-refractivity contribution < 1.29 is 19.1 Å². The van der Waals surface area contributed by atoms with Crippen molar-refractivity contribution in [3.63, 3.8) is 0 Å². The number of aliphatic hydroxyl groups is 1. The molecule has 0 saturated carbocycles. The molecular weight excluding hydrogens is 287 g/mol. The maximum absolute atomic E-state index is 12.8. The number of nitrogens with one attached hydrogen (secondary N) is 2. The van der Waals surface area contributed by atoms with Gasteiger partial charge < -0.3 is 15.7 Å². The fourth-order valence-corrected chi connectivity index (χ4v) is 1.74. The van der Waals surface area contributed by atoms with Crippen LogP contribution in [-0.2, 0) is 9.59 Å². The first kappa shape index (κ1) is 16.4. The van der Waals surface area contributed by atoms with E-state index in [1.54, 1.807) is 6.92 Å². The number of anilines is 1. The lowest BCUT2D eigenvalue weighted by Crippen LogP contribution is -2.40. The number of benzene rings is 1. The van der Waals surface area contributed by atoms with Crippen molar-refractivity contribution >= 4 is 29.1 Å². The molecule has 0 fully saturated rings. The van der Waals surface area contributed by atoms with Crippen LogP contribution in [0.3, 0.4) is 0 Å². The van der Waals surface area contributed by atoms with Gasteiger partial charge in [-0.3, -0.25) is 9.59 Å². The highest BCUT2D eigenvalue weighted by Crippen LogP contribution is 2.22. The second-order valence-electron chi connectivity index (χ2n) is 4.32. The van der Waals surface area contributed by atoms with E-state index in [9.17, 15) is 14.0 Å². The topological polar surface area (TPSA) is 78.4 Å². The lowest BCUT2D eigenvalue weighted by atomic mass is 10.2. The summed E-state index contributed by atoms with van der Waals surface area (Å²) in [4.78, 5) is 23.2. The normalized spacial score (nSPS) is 11.8. The summed E-state index contributed by atoms with van der Waals surface area (Å²) in [6, 6.07) is 3.21. The maximum Gasteiger partial charge on any atom is 0.313 e. The monoisotopic (exact) mass is 302 g/mol. The molecule has 0 radical (unpaired) electrons. The van der Waals surface area contributed by atoms with Gasteiger partial charge in [-0.1, -0.05) is 11.6 Å². The van der Waals surface area contributed by atoms with Crippen molar-refractivity contribution in [3.05, 3.63) is 29.0 Å². The highest BCUT2D eigenvalue weighted by atomic mass is 35.5. The van der Waals surface area contributed by atoms with Gasteiger partial charge in [-0.05, 0) is 38.0 Å². The molecule has 0 aliphatic carbocycles. The molecule has 1 rings (SSSR count). The van der Waals surface area contributed by atoms with E-state index in [-0.39, 0.29) is 23.4 Å². The Morgan fingerprint density at radius 3 is 2.70 bits per heavy atom.